The molecule has 182 valence electrons. The van der Waals surface area contributed by atoms with Crippen LogP contribution in [0.3, 0.4) is 0 Å². The van der Waals surface area contributed by atoms with Crippen LogP contribution in [0, 0.1) is 0 Å². The van der Waals surface area contributed by atoms with E-state index in [4.69, 9.17) is 0 Å². The lowest BCUT2D eigenvalue weighted by Gasteiger charge is -2.23. The highest BCUT2D eigenvalue weighted by molar-refractivity contribution is 5.91. The number of amides is 2. The Labute approximate surface area is 208 Å². The monoisotopic (exact) mass is 470 g/mol. The molecule has 0 heterocycles. The molecule has 0 unspecified atom stereocenters. The highest BCUT2D eigenvalue weighted by atomic mass is 16.2. The predicted molar refractivity (Wildman–Crippen MR) is 143 cm³/mol. The number of hydrogen-bond acceptors (Lipinski definition) is 4. The molecule has 35 heavy (non-hydrogen) atoms. The second kappa shape index (κ2) is 13.7. The fraction of sp³-hybridized carbons (Fsp3) is 0.276. The first-order chi connectivity index (χ1) is 17.1. The van der Waals surface area contributed by atoms with E-state index in [9.17, 15) is 9.59 Å². The molecule has 3 aromatic carbocycles. The number of nitrogens with one attached hydrogen (secondary N) is 2. The molecule has 0 bridgehead atoms. The van der Waals surface area contributed by atoms with Crippen LogP contribution in [0.4, 0.5) is 5.69 Å². The van der Waals surface area contributed by atoms with Gasteiger partial charge in [0, 0.05) is 18.8 Å². The van der Waals surface area contributed by atoms with E-state index in [1.54, 1.807) is 6.21 Å². The van der Waals surface area contributed by atoms with Gasteiger partial charge >= 0.3 is 0 Å². The molecule has 2 amide bonds. The summed E-state index contributed by atoms with van der Waals surface area (Å²) in [6, 6.07) is 27.2. The van der Waals surface area contributed by atoms with Gasteiger partial charge in [0.1, 0.15) is 0 Å². The van der Waals surface area contributed by atoms with Gasteiger partial charge in [0.2, 0.25) is 5.91 Å². The summed E-state index contributed by atoms with van der Waals surface area (Å²) in [6.07, 6.45) is 3.80. The minimum atomic E-state index is -0.493. The maximum absolute atomic E-state index is 13.0. The van der Waals surface area contributed by atoms with E-state index in [1.165, 1.54) is 5.69 Å². The molecule has 0 spiro atoms. The van der Waals surface area contributed by atoms with E-state index in [-0.39, 0.29) is 18.4 Å². The zero-order valence-corrected chi connectivity index (χ0v) is 20.5. The minimum Gasteiger partial charge on any atom is -0.372 e. The summed E-state index contributed by atoms with van der Waals surface area (Å²) in [4.78, 5) is 27.6. The van der Waals surface area contributed by atoms with Crippen LogP contribution in [0.5, 0.6) is 0 Å². The summed E-state index contributed by atoms with van der Waals surface area (Å²) in [5.41, 5.74) is 6.30. The maximum atomic E-state index is 13.0. The molecular formula is C29H34N4O2. The number of nitrogens with zero attached hydrogens (tertiary/aromatic N) is 2. The molecule has 0 saturated carbocycles. The van der Waals surface area contributed by atoms with Gasteiger partial charge in [-0.1, -0.05) is 86.6 Å². The standard InChI is InChI=1S/C29H34N4O2/c1-3-19-33(20-4-2)26-17-15-23(16-18-26)21-31-32-27(34)22-30-29(35)28(24-11-7-5-8-12-24)25-13-9-6-10-14-25/h5-18,21,28H,3-4,19-20,22H2,1-2H3,(H,30,35)(H,32,34)/b31-21+. The molecule has 6 heteroatoms. The van der Waals surface area contributed by atoms with Crippen LogP contribution in [0.1, 0.15) is 49.3 Å². The smallest absolute Gasteiger partial charge is 0.259 e. The van der Waals surface area contributed by atoms with Gasteiger partial charge in [-0.05, 0) is 41.7 Å². The molecule has 6 nitrogen and oxygen atoms in total. The SMILES string of the molecule is CCCN(CCC)c1ccc(/C=N/NC(=O)CNC(=O)C(c2ccccc2)c2ccccc2)cc1. The van der Waals surface area contributed by atoms with E-state index < -0.39 is 5.92 Å². The van der Waals surface area contributed by atoms with E-state index in [1.807, 2.05) is 72.8 Å². The van der Waals surface area contributed by atoms with Gasteiger partial charge in [-0.3, -0.25) is 9.59 Å². The molecule has 3 aromatic rings. The number of benzene rings is 3. The van der Waals surface area contributed by atoms with Crippen molar-refractivity contribution >= 4 is 23.7 Å². The van der Waals surface area contributed by atoms with Gasteiger partial charge < -0.3 is 10.2 Å². The van der Waals surface area contributed by atoms with Crippen LogP contribution in [0.2, 0.25) is 0 Å². The van der Waals surface area contributed by atoms with Crippen molar-refractivity contribution in [2.24, 2.45) is 5.10 Å². The Morgan fingerprint density at radius 3 is 1.89 bits per heavy atom. The van der Waals surface area contributed by atoms with Crippen LogP contribution in [0.25, 0.3) is 0 Å². The second-order valence-electron chi connectivity index (χ2n) is 8.34. The van der Waals surface area contributed by atoms with Crippen LogP contribution >= 0.6 is 0 Å². The Balaban J connectivity index is 1.54. The van der Waals surface area contributed by atoms with E-state index >= 15 is 0 Å². The lowest BCUT2D eigenvalue weighted by atomic mass is 9.90. The fourth-order valence-electron chi connectivity index (χ4n) is 3.96. The average molecular weight is 471 g/mol. The Morgan fingerprint density at radius 1 is 0.829 bits per heavy atom. The van der Waals surface area contributed by atoms with Crippen molar-refractivity contribution in [2.75, 3.05) is 24.5 Å². The predicted octanol–water partition coefficient (Wildman–Crippen LogP) is 4.71. The molecular weight excluding hydrogens is 436 g/mol. The molecule has 0 fully saturated rings. The van der Waals surface area contributed by atoms with Crippen molar-refractivity contribution in [3.63, 3.8) is 0 Å². The van der Waals surface area contributed by atoms with Gasteiger partial charge in [0.05, 0.1) is 18.7 Å². The minimum absolute atomic E-state index is 0.158. The zero-order chi connectivity index (χ0) is 24.9. The van der Waals surface area contributed by atoms with E-state index in [0.29, 0.717) is 0 Å². The molecule has 0 aliphatic heterocycles. The highest BCUT2D eigenvalue weighted by Crippen LogP contribution is 2.24. The third-order valence-corrected chi connectivity index (χ3v) is 5.60. The van der Waals surface area contributed by atoms with Gasteiger partial charge in [0.25, 0.3) is 5.91 Å². The third-order valence-electron chi connectivity index (χ3n) is 5.60. The number of rotatable bonds is 12. The number of carbonyl (C=O) groups excluding carboxylic acids is 2. The Morgan fingerprint density at radius 2 is 1.37 bits per heavy atom. The van der Waals surface area contributed by atoms with Gasteiger partial charge in [-0.25, -0.2) is 5.43 Å². The van der Waals surface area contributed by atoms with Crippen LogP contribution in [-0.4, -0.2) is 37.7 Å². The van der Waals surface area contributed by atoms with Crippen molar-refractivity contribution in [3.05, 3.63) is 102 Å². The molecule has 0 aromatic heterocycles. The normalized spacial score (nSPS) is 10.9. The maximum Gasteiger partial charge on any atom is 0.259 e. The Bertz CT molecular complexity index is 1040. The summed E-state index contributed by atoms with van der Waals surface area (Å²) in [6.45, 7) is 6.25. The van der Waals surface area contributed by atoms with E-state index in [2.05, 4.69) is 46.7 Å². The van der Waals surface area contributed by atoms with Crippen molar-refractivity contribution < 1.29 is 9.59 Å². The first-order valence-corrected chi connectivity index (χ1v) is 12.2. The van der Waals surface area contributed by atoms with Crippen molar-refractivity contribution in [3.8, 4) is 0 Å². The number of carbonyl (C=O) groups is 2. The summed E-state index contributed by atoms with van der Waals surface area (Å²) in [5.74, 6) is -1.11. The topological polar surface area (TPSA) is 73.8 Å². The molecule has 0 aliphatic rings. The van der Waals surface area contributed by atoms with Crippen molar-refractivity contribution in [2.45, 2.75) is 32.6 Å². The summed E-state index contributed by atoms with van der Waals surface area (Å²) < 4.78 is 0. The molecule has 2 N–H and O–H groups in total. The fourth-order valence-corrected chi connectivity index (χ4v) is 3.96. The molecule has 0 aliphatic carbocycles. The zero-order valence-electron chi connectivity index (χ0n) is 20.5. The summed E-state index contributed by atoms with van der Waals surface area (Å²) in [5, 5.41) is 6.78. The summed E-state index contributed by atoms with van der Waals surface area (Å²) >= 11 is 0. The number of hydrogen-bond donors (Lipinski definition) is 2. The molecule has 0 saturated heterocycles. The van der Waals surface area contributed by atoms with Crippen molar-refractivity contribution in [1.29, 1.82) is 0 Å². The number of anilines is 1. The van der Waals surface area contributed by atoms with Gasteiger partial charge in [-0.2, -0.15) is 5.10 Å². The molecule has 0 radical (unpaired) electrons. The molecule has 3 rings (SSSR count). The van der Waals surface area contributed by atoms with Crippen molar-refractivity contribution in [1.82, 2.24) is 10.7 Å². The van der Waals surface area contributed by atoms with E-state index in [0.717, 1.165) is 42.6 Å². The first kappa shape index (κ1) is 25.7. The lowest BCUT2D eigenvalue weighted by molar-refractivity contribution is -0.126. The van der Waals surface area contributed by atoms with Crippen LogP contribution in [-0.2, 0) is 9.59 Å². The largest absolute Gasteiger partial charge is 0.372 e. The summed E-state index contributed by atoms with van der Waals surface area (Å²) in [7, 11) is 0. The third kappa shape index (κ3) is 7.81. The Kier molecular flexibility index (Phi) is 10.1. The Hall–Kier alpha value is -3.93. The van der Waals surface area contributed by atoms with Gasteiger partial charge in [-0.15, -0.1) is 0 Å². The number of hydrazone groups is 1. The van der Waals surface area contributed by atoms with Crippen LogP contribution in [0.15, 0.2) is 90.0 Å². The second-order valence-corrected chi connectivity index (χ2v) is 8.34. The lowest BCUT2D eigenvalue weighted by Crippen LogP contribution is -2.37. The molecule has 0 atom stereocenters. The quantitative estimate of drug-likeness (QED) is 0.297. The van der Waals surface area contributed by atoms with Gasteiger partial charge in [0.15, 0.2) is 0 Å². The highest BCUT2D eigenvalue weighted by Gasteiger charge is 2.22. The van der Waals surface area contributed by atoms with Crippen LogP contribution < -0.4 is 15.6 Å². The first-order valence-electron chi connectivity index (χ1n) is 12.2. The average Bonchev–Trinajstić information content (AvgIpc) is 2.89.